The smallest absolute Gasteiger partial charge is 0.386 e. The van der Waals surface area contributed by atoms with Gasteiger partial charge in [0.1, 0.15) is 42.1 Å². The number of aliphatic hydroxyl groups is 2. The Kier molecular flexibility index (Phi) is 17.3. The molecule has 2 aromatic heterocycles. The Balaban J connectivity index is 0.000000847. The van der Waals surface area contributed by atoms with Crippen molar-refractivity contribution < 1.29 is 75.7 Å². The first-order chi connectivity index (χ1) is 26.5. The third-order valence-corrected chi connectivity index (χ3v) is 10.9. The zero-order valence-electron chi connectivity index (χ0n) is 30.2. The molecule has 3 aromatic rings. The van der Waals surface area contributed by atoms with E-state index in [0.29, 0.717) is 12.3 Å². The van der Waals surface area contributed by atoms with Gasteiger partial charge < -0.3 is 56.6 Å². The lowest BCUT2D eigenvalue weighted by Gasteiger charge is -2.30. The summed E-state index contributed by atoms with van der Waals surface area (Å²) in [6.07, 6.45) is -6.74. The maximum Gasteiger partial charge on any atom is 0.481 e. The number of phosphoric ester groups is 3. The molecule has 2 unspecified atom stereocenters. The number of hydrogen-bond donors (Lipinski definition) is 12. The maximum absolute atomic E-state index is 12.6. The Bertz CT molecular complexity index is 1990. The quantitative estimate of drug-likeness (QED) is 0.0306. The Morgan fingerprint density at radius 1 is 1.05 bits per heavy atom. The number of rotatable bonds is 19. The van der Waals surface area contributed by atoms with E-state index in [1.54, 1.807) is 0 Å². The minimum absolute atomic E-state index is 0.0363. The first kappa shape index (κ1) is 48.0. The summed E-state index contributed by atoms with van der Waals surface area (Å²) in [7, 11) is -16.3. The van der Waals surface area contributed by atoms with Gasteiger partial charge in [0.2, 0.25) is 11.8 Å². The monoisotopic (exact) mass is 887 g/mol. The first-order valence-electron chi connectivity index (χ1n) is 16.4. The van der Waals surface area contributed by atoms with Crippen molar-refractivity contribution in [2.75, 3.05) is 37.8 Å². The van der Waals surface area contributed by atoms with Crippen molar-refractivity contribution in [3.8, 4) is 0 Å². The number of amidine groups is 1. The number of thiol groups is 1. The van der Waals surface area contributed by atoms with Crippen molar-refractivity contribution in [3.63, 3.8) is 0 Å². The molecule has 1 aromatic carbocycles. The van der Waals surface area contributed by atoms with Crippen LogP contribution in [0.1, 0.15) is 32.1 Å². The number of nitrogens with zero attached hydrogens (tertiary/aromatic N) is 4. The highest BCUT2D eigenvalue weighted by molar-refractivity contribution is 7.80. The van der Waals surface area contributed by atoms with Gasteiger partial charge in [-0.15, -0.1) is 0 Å². The maximum atomic E-state index is 12.6. The van der Waals surface area contributed by atoms with Crippen LogP contribution in [0.4, 0.5) is 5.82 Å². The molecule has 0 saturated carbocycles. The van der Waals surface area contributed by atoms with E-state index in [9.17, 15) is 53.1 Å². The average Bonchev–Trinajstić information content (AvgIpc) is 3.69. The lowest BCUT2D eigenvalue weighted by atomic mass is 9.87. The molecule has 13 N–H and O–H groups in total. The van der Waals surface area contributed by atoms with Crippen molar-refractivity contribution in [3.05, 3.63) is 48.5 Å². The molecule has 4 rings (SSSR count). The number of nitrogens with one attached hydrogen (secondary N) is 3. The Labute approximate surface area is 329 Å². The number of fused-ring (bicyclic) bond motifs is 1. The van der Waals surface area contributed by atoms with Crippen LogP contribution in [0.15, 0.2) is 43.0 Å². The van der Waals surface area contributed by atoms with Crippen LogP contribution in [0, 0.1) is 10.8 Å². The van der Waals surface area contributed by atoms with Crippen molar-refractivity contribution in [1.82, 2.24) is 30.2 Å². The molecule has 1 aliphatic heterocycles. The van der Waals surface area contributed by atoms with Crippen molar-refractivity contribution in [1.29, 1.82) is 5.41 Å². The van der Waals surface area contributed by atoms with Gasteiger partial charge in [-0.25, -0.2) is 28.6 Å². The summed E-state index contributed by atoms with van der Waals surface area (Å²) >= 11 is 3.95. The van der Waals surface area contributed by atoms with Crippen LogP contribution in [0.2, 0.25) is 0 Å². The zero-order chi connectivity index (χ0) is 42.8. The summed E-state index contributed by atoms with van der Waals surface area (Å²) in [5.74, 6) is -0.822. The van der Waals surface area contributed by atoms with Gasteiger partial charge in [-0.05, 0) is 0 Å². The van der Waals surface area contributed by atoms with Crippen LogP contribution in [-0.4, -0.2) is 123 Å². The fourth-order valence-electron chi connectivity index (χ4n) is 4.75. The van der Waals surface area contributed by atoms with Gasteiger partial charge in [0.25, 0.3) is 0 Å². The summed E-state index contributed by atoms with van der Waals surface area (Å²) in [4.78, 5) is 74.6. The molecule has 1 fully saturated rings. The molecule has 0 spiro atoms. The average molecular weight is 888 g/mol. The van der Waals surface area contributed by atoms with Gasteiger partial charge in [0.15, 0.2) is 17.7 Å². The highest BCUT2D eigenvalue weighted by Gasteiger charge is 2.50. The first-order valence-corrected chi connectivity index (χ1v) is 21.5. The Morgan fingerprint density at radius 2 is 1.70 bits per heavy atom. The van der Waals surface area contributed by atoms with Gasteiger partial charge in [0, 0.05) is 36.2 Å². The molecule has 25 nitrogen and oxygen atoms in total. The Hall–Kier alpha value is -3.42. The lowest BCUT2D eigenvalue weighted by molar-refractivity contribution is -0.137. The van der Waals surface area contributed by atoms with E-state index >= 15 is 0 Å². The van der Waals surface area contributed by atoms with Crippen LogP contribution in [0.3, 0.4) is 0 Å². The number of phosphoric acid groups is 3. The van der Waals surface area contributed by atoms with Crippen molar-refractivity contribution >= 4 is 70.7 Å². The van der Waals surface area contributed by atoms with E-state index in [2.05, 4.69) is 47.0 Å². The molecule has 7 atom stereocenters. The third-order valence-electron chi connectivity index (χ3n) is 7.60. The van der Waals surface area contributed by atoms with Crippen LogP contribution >= 0.6 is 36.1 Å². The molecule has 57 heavy (non-hydrogen) atoms. The summed E-state index contributed by atoms with van der Waals surface area (Å²) in [5.41, 5.74) is 10.3. The van der Waals surface area contributed by atoms with Crippen LogP contribution in [0.25, 0.3) is 11.2 Å². The number of benzene rings is 1. The number of carbonyl (C=O) groups excluding carboxylic acids is 2. The van der Waals surface area contributed by atoms with Crippen molar-refractivity contribution in [2.24, 2.45) is 11.1 Å². The van der Waals surface area contributed by atoms with E-state index in [0.717, 1.165) is 22.8 Å². The van der Waals surface area contributed by atoms with E-state index in [1.807, 2.05) is 30.3 Å². The van der Waals surface area contributed by atoms with Crippen LogP contribution < -0.4 is 22.1 Å². The molecule has 3 heterocycles. The zero-order valence-corrected chi connectivity index (χ0v) is 33.7. The van der Waals surface area contributed by atoms with E-state index in [4.69, 9.17) is 30.7 Å². The highest BCUT2D eigenvalue weighted by Crippen LogP contribution is 2.61. The number of nitrogen functional groups attached to an aromatic ring is 2. The third kappa shape index (κ3) is 14.7. The SMILES string of the molecule is CC(C)(COP(=O)(O)OP(=O)(O)OC[C@H]1O[C@@H](n2cnc3c(N)ncnc32)[C@H](O)[C@@H]1OP(=O)(O)O)[C@@H](O)C(=O)NCCC(=O)NCCS.N=C(N)c1ccccc1. The second-order valence-corrected chi connectivity index (χ2v) is 17.3. The number of hydrogen-bond acceptors (Lipinski definition) is 18. The van der Waals surface area contributed by atoms with Gasteiger partial charge >= 0.3 is 23.5 Å². The van der Waals surface area contributed by atoms with Crippen LogP contribution in [0.5, 0.6) is 0 Å². The lowest BCUT2D eigenvalue weighted by Crippen LogP contribution is -2.46. The normalized spacial score (nSPS) is 21.1. The molecule has 29 heteroatoms. The number of aliphatic hydroxyl groups excluding tert-OH is 2. The summed E-state index contributed by atoms with van der Waals surface area (Å²) in [6, 6.07) is 9.23. The molecule has 0 radical (unpaired) electrons. The standard InChI is InChI=1S/C21H36N7O16P3S.C7H8N2/c1-21(2,16(31)19(32)24-4-3-12(29)23-5-6-48)8-41-47(38,39)44-46(36,37)40-7-11-15(43-45(33,34)35)14(30)20(42-11)28-10-27-13-17(22)25-9-26-18(13)28;8-7(9)6-4-2-1-3-5-6/h9-11,14-16,20,30-31,48H,3-8H2,1-2H3,(H,23,29)(H,24,32)(H,36,37)(H,38,39)(H2,22,25,26)(H2,33,34,35);1-5H,(H3,8,9)/t11-,14-,15-,16+,20-;/m1./s1. The number of ether oxygens (including phenoxy) is 1. The second-order valence-electron chi connectivity index (χ2n) is 12.6. The van der Waals surface area contributed by atoms with Gasteiger partial charge in [-0.1, -0.05) is 44.2 Å². The predicted octanol–water partition coefficient (Wildman–Crippen LogP) is -0.695. The number of imidazole rings is 1. The molecule has 318 valence electrons. The summed E-state index contributed by atoms with van der Waals surface area (Å²) < 4.78 is 61.7. The highest BCUT2D eigenvalue weighted by atomic mass is 32.1. The number of nitrogens with two attached hydrogens (primary N) is 2. The molecule has 1 aliphatic rings. The van der Waals surface area contributed by atoms with Gasteiger partial charge in [-0.3, -0.25) is 33.1 Å². The number of amides is 2. The minimum Gasteiger partial charge on any atom is -0.386 e. The largest absolute Gasteiger partial charge is 0.481 e. The fraction of sp³-hybridized carbons (Fsp3) is 0.500. The van der Waals surface area contributed by atoms with E-state index in [-0.39, 0.29) is 41.7 Å². The summed E-state index contributed by atoms with van der Waals surface area (Å²) in [6.45, 7) is 0.723. The molecular formula is C28H44N9O16P3S. The fourth-order valence-corrected chi connectivity index (χ4v) is 7.69. The minimum atomic E-state index is -5.54. The molecular weight excluding hydrogens is 843 g/mol. The topological polar surface area (TPSA) is 396 Å². The number of carbonyl (C=O) groups is 2. The van der Waals surface area contributed by atoms with Crippen LogP contribution in [-0.2, 0) is 45.9 Å². The summed E-state index contributed by atoms with van der Waals surface area (Å²) in [5, 5.41) is 33.1. The molecule has 0 aliphatic carbocycles. The van der Waals surface area contributed by atoms with Crippen molar-refractivity contribution in [2.45, 2.75) is 50.9 Å². The predicted molar refractivity (Wildman–Crippen MR) is 201 cm³/mol. The second kappa shape index (κ2) is 20.5. The van der Waals surface area contributed by atoms with Gasteiger partial charge in [0.05, 0.1) is 19.5 Å². The molecule has 1 saturated heterocycles. The Morgan fingerprint density at radius 3 is 2.30 bits per heavy atom. The number of aromatic nitrogens is 4. The number of anilines is 1. The van der Waals surface area contributed by atoms with E-state index in [1.165, 1.54) is 13.8 Å². The molecule has 2 amide bonds. The van der Waals surface area contributed by atoms with Gasteiger partial charge in [-0.2, -0.15) is 16.9 Å². The van der Waals surface area contributed by atoms with E-state index < -0.39 is 78.6 Å². The molecule has 0 bridgehead atoms.